The topological polar surface area (TPSA) is 38.8 Å². The van der Waals surface area contributed by atoms with Crippen molar-refractivity contribution in [3.8, 4) is 0 Å². The van der Waals surface area contributed by atoms with Gasteiger partial charge in [0.25, 0.3) is 5.91 Å². The zero-order valence-corrected chi connectivity index (χ0v) is 18.7. The van der Waals surface area contributed by atoms with Crippen LogP contribution in [0.15, 0.2) is 42.5 Å². The molecule has 1 fully saturated rings. The molecule has 3 rings (SSSR count). The molecule has 1 heterocycles. The van der Waals surface area contributed by atoms with E-state index in [2.05, 4.69) is 51.3 Å². The van der Waals surface area contributed by atoms with Crippen molar-refractivity contribution in [3.63, 3.8) is 0 Å². The number of halogens is 2. The summed E-state index contributed by atoms with van der Waals surface area (Å²) in [6, 6.07) is 13.6. The van der Waals surface area contributed by atoms with E-state index in [0.717, 1.165) is 31.9 Å². The Kier molecular flexibility index (Phi) is 7.41. The Bertz CT molecular complexity index is 833. The Morgan fingerprint density at radius 2 is 1.69 bits per heavy atom. The van der Waals surface area contributed by atoms with Crippen molar-refractivity contribution in [2.75, 3.05) is 58.8 Å². The molecule has 0 aromatic heterocycles. The first-order chi connectivity index (χ1) is 13.8. The minimum absolute atomic E-state index is 0.117. The Morgan fingerprint density at radius 3 is 2.28 bits per heavy atom. The fourth-order valence-electron chi connectivity index (χ4n) is 3.51. The van der Waals surface area contributed by atoms with Gasteiger partial charge < -0.3 is 15.1 Å². The zero-order valence-electron chi connectivity index (χ0n) is 17.2. The van der Waals surface area contributed by atoms with E-state index in [4.69, 9.17) is 23.2 Å². The summed E-state index contributed by atoms with van der Waals surface area (Å²) in [7, 11) is 6.21. The highest BCUT2D eigenvalue weighted by Gasteiger charge is 2.24. The highest BCUT2D eigenvalue weighted by Crippen LogP contribution is 2.25. The second kappa shape index (κ2) is 9.81. The molecule has 0 saturated carbocycles. The third-order valence-corrected chi connectivity index (χ3v) is 6.15. The molecule has 5 nitrogen and oxygen atoms in total. The predicted octanol–water partition coefficient (Wildman–Crippen LogP) is 3.78. The van der Waals surface area contributed by atoms with Crippen molar-refractivity contribution in [1.82, 2.24) is 15.1 Å². The summed E-state index contributed by atoms with van der Waals surface area (Å²) in [5.74, 6) is -0.146. The number of hydrogen-bond donors (Lipinski definition) is 1. The normalized spacial score (nSPS) is 16.4. The van der Waals surface area contributed by atoms with Crippen molar-refractivity contribution in [2.45, 2.75) is 6.04 Å². The Labute approximate surface area is 183 Å². The molecule has 0 bridgehead atoms. The van der Waals surface area contributed by atoms with Gasteiger partial charge in [0.05, 0.1) is 16.1 Å². The zero-order chi connectivity index (χ0) is 21.0. The van der Waals surface area contributed by atoms with Gasteiger partial charge in [-0.25, -0.2) is 0 Å². The van der Waals surface area contributed by atoms with Crippen molar-refractivity contribution < 1.29 is 4.79 Å². The monoisotopic (exact) mass is 434 g/mol. The van der Waals surface area contributed by atoms with E-state index in [0.29, 0.717) is 22.2 Å². The number of benzene rings is 2. The molecular weight excluding hydrogens is 407 g/mol. The average Bonchev–Trinajstić information content (AvgIpc) is 2.71. The molecule has 1 aliphatic rings. The minimum atomic E-state index is -0.146. The Balaban J connectivity index is 1.75. The lowest BCUT2D eigenvalue weighted by atomic mass is 10.0. The van der Waals surface area contributed by atoms with E-state index in [1.807, 2.05) is 14.1 Å². The predicted molar refractivity (Wildman–Crippen MR) is 121 cm³/mol. The van der Waals surface area contributed by atoms with Gasteiger partial charge in [-0.2, -0.15) is 0 Å². The molecule has 1 saturated heterocycles. The van der Waals surface area contributed by atoms with Crippen LogP contribution in [0, 0.1) is 0 Å². The maximum Gasteiger partial charge on any atom is 0.251 e. The number of nitrogens with zero attached hydrogens (tertiary/aromatic N) is 3. The van der Waals surface area contributed by atoms with E-state index in [1.54, 1.807) is 18.2 Å². The van der Waals surface area contributed by atoms with Crippen LogP contribution in [0.4, 0.5) is 5.69 Å². The first kappa shape index (κ1) is 21.9. The summed E-state index contributed by atoms with van der Waals surface area (Å²) in [4.78, 5) is 19.5. The standard InChI is InChI=1S/C22H28Cl2N4O/c1-26(2)18-7-4-16(5-8-18)21(28-12-10-27(3)11-13-28)15-25-22(29)17-6-9-19(23)20(24)14-17/h4-9,14,21H,10-13,15H2,1-3H3,(H,25,29). The second-order valence-electron chi connectivity index (χ2n) is 7.68. The number of nitrogens with one attached hydrogen (secondary N) is 1. The van der Waals surface area contributed by atoms with Gasteiger partial charge in [-0.3, -0.25) is 9.69 Å². The lowest BCUT2D eigenvalue weighted by molar-refractivity contribution is 0.0886. The van der Waals surface area contributed by atoms with Gasteiger partial charge in [0.15, 0.2) is 0 Å². The van der Waals surface area contributed by atoms with Gasteiger partial charge in [0.2, 0.25) is 0 Å². The molecule has 1 unspecified atom stereocenters. The van der Waals surface area contributed by atoms with E-state index >= 15 is 0 Å². The average molecular weight is 435 g/mol. The third-order valence-electron chi connectivity index (χ3n) is 5.41. The van der Waals surface area contributed by atoms with Gasteiger partial charge in [0.1, 0.15) is 0 Å². The molecule has 1 N–H and O–H groups in total. The van der Waals surface area contributed by atoms with Gasteiger partial charge in [-0.05, 0) is 42.9 Å². The van der Waals surface area contributed by atoms with Crippen LogP contribution in [-0.2, 0) is 0 Å². The van der Waals surface area contributed by atoms with E-state index in [1.165, 1.54) is 5.56 Å². The van der Waals surface area contributed by atoms with Gasteiger partial charge in [0, 0.05) is 58.1 Å². The molecule has 29 heavy (non-hydrogen) atoms. The minimum Gasteiger partial charge on any atom is -0.378 e. The number of piperazine rings is 1. The molecule has 1 atom stereocenters. The number of amides is 1. The van der Waals surface area contributed by atoms with Gasteiger partial charge in [-0.1, -0.05) is 35.3 Å². The molecule has 0 spiro atoms. The van der Waals surface area contributed by atoms with Crippen molar-refractivity contribution >= 4 is 34.8 Å². The second-order valence-corrected chi connectivity index (χ2v) is 8.49. The maximum atomic E-state index is 12.7. The number of anilines is 1. The number of hydrogen-bond acceptors (Lipinski definition) is 4. The largest absolute Gasteiger partial charge is 0.378 e. The third kappa shape index (κ3) is 5.64. The maximum absolute atomic E-state index is 12.7. The molecule has 2 aromatic rings. The lowest BCUT2D eigenvalue weighted by Gasteiger charge is -2.38. The van der Waals surface area contributed by atoms with Crippen LogP contribution < -0.4 is 10.2 Å². The molecule has 0 aliphatic carbocycles. The molecule has 7 heteroatoms. The van der Waals surface area contributed by atoms with Crippen molar-refractivity contribution in [2.24, 2.45) is 0 Å². The number of carbonyl (C=O) groups excluding carboxylic acids is 1. The first-order valence-corrected chi connectivity index (χ1v) is 10.5. The Morgan fingerprint density at radius 1 is 1.03 bits per heavy atom. The highest BCUT2D eigenvalue weighted by molar-refractivity contribution is 6.42. The molecule has 156 valence electrons. The molecule has 1 aliphatic heterocycles. The van der Waals surface area contributed by atoms with Gasteiger partial charge in [-0.15, -0.1) is 0 Å². The van der Waals surface area contributed by atoms with E-state index < -0.39 is 0 Å². The Hall–Kier alpha value is -1.79. The summed E-state index contributed by atoms with van der Waals surface area (Å²) < 4.78 is 0. The number of likely N-dealkylation sites (N-methyl/N-ethyl adjacent to an activating group) is 1. The van der Waals surface area contributed by atoms with Crippen LogP contribution >= 0.6 is 23.2 Å². The smallest absolute Gasteiger partial charge is 0.251 e. The number of rotatable bonds is 6. The lowest BCUT2D eigenvalue weighted by Crippen LogP contribution is -2.48. The van der Waals surface area contributed by atoms with Crippen LogP contribution in [0.3, 0.4) is 0 Å². The van der Waals surface area contributed by atoms with Crippen molar-refractivity contribution in [1.29, 1.82) is 0 Å². The molecule has 1 amide bonds. The molecule has 2 aromatic carbocycles. The van der Waals surface area contributed by atoms with Crippen LogP contribution in [0.5, 0.6) is 0 Å². The van der Waals surface area contributed by atoms with Crippen molar-refractivity contribution in [3.05, 3.63) is 63.6 Å². The van der Waals surface area contributed by atoms with Crippen LogP contribution in [0.1, 0.15) is 22.0 Å². The first-order valence-electron chi connectivity index (χ1n) is 9.78. The fraction of sp³-hybridized carbons (Fsp3) is 0.409. The van der Waals surface area contributed by atoms with Crippen LogP contribution in [0.25, 0.3) is 0 Å². The summed E-state index contributed by atoms with van der Waals surface area (Å²) in [6.07, 6.45) is 0. The quantitative estimate of drug-likeness (QED) is 0.750. The molecule has 0 radical (unpaired) electrons. The fourth-order valence-corrected chi connectivity index (χ4v) is 3.81. The van der Waals surface area contributed by atoms with E-state index in [9.17, 15) is 4.79 Å². The summed E-state index contributed by atoms with van der Waals surface area (Å²) in [5.41, 5.74) is 2.87. The summed E-state index contributed by atoms with van der Waals surface area (Å²) in [5, 5.41) is 3.91. The van der Waals surface area contributed by atoms with Gasteiger partial charge >= 0.3 is 0 Å². The van der Waals surface area contributed by atoms with Crippen LogP contribution in [0.2, 0.25) is 10.0 Å². The SMILES string of the molecule is CN1CCN(C(CNC(=O)c2ccc(Cl)c(Cl)c2)c2ccc(N(C)C)cc2)CC1. The van der Waals surface area contributed by atoms with E-state index in [-0.39, 0.29) is 11.9 Å². The number of carbonyl (C=O) groups is 1. The highest BCUT2D eigenvalue weighted by atomic mass is 35.5. The summed E-state index contributed by atoms with van der Waals surface area (Å²) >= 11 is 12.0. The molecular formula is C22H28Cl2N4O. The van der Waals surface area contributed by atoms with Crippen LogP contribution in [-0.4, -0.2) is 69.6 Å². The summed E-state index contributed by atoms with van der Waals surface area (Å²) in [6.45, 7) is 4.52.